The van der Waals surface area contributed by atoms with Gasteiger partial charge in [-0.05, 0) is 37.7 Å². The highest BCUT2D eigenvalue weighted by Gasteiger charge is 2.31. The molecule has 0 spiro atoms. The van der Waals surface area contributed by atoms with Crippen molar-refractivity contribution in [1.29, 1.82) is 0 Å². The lowest BCUT2D eigenvalue weighted by molar-refractivity contribution is -0.384. The number of piperidine rings is 1. The number of nitro benzene ring substituents is 1. The second-order valence-corrected chi connectivity index (χ2v) is 6.72. The minimum atomic E-state index is -0.423. The van der Waals surface area contributed by atoms with E-state index in [2.05, 4.69) is 9.97 Å². The van der Waals surface area contributed by atoms with E-state index in [-0.39, 0.29) is 16.6 Å². The van der Waals surface area contributed by atoms with E-state index in [1.54, 1.807) is 6.07 Å². The van der Waals surface area contributed by atoms with Gasteiger partial charge in [0, 0.05) is 25.8 Å². The van der Waals surface area contributed by atoms with Crippen LogP contribution in [0, 0.1) is 16.0 Å². The summed E-state index contributed by atoms with van der Waals surface area (Å²) in [7, 11) is 0. The normalized spacial score (nSPS) is 21.8. The molecule has 0 saturated carbocycles. The molecule has 1 aromatic carbocycles. The molecule has 8 nitrogen and oxygen atoms in total. The van der Waals surface area contributed by atoms with E-state index in [4.69, 9.17) is 4.74 Å². The predicted molar refractivity (Wildman–Crippen MR) is 92.9 cm³/mol. The Labute approximate surface area is 144 Å². The number of rotatable bonds is 3. The van der Waals surface area contributed by atoms with Crippen molar-refractivity contribution in [1.82, 2.24) is 9.97 Å². The summed E-state index contributed by atoms with van der Waals surface area (Å²) in [6.07, 6.45) is 5.83. The summed E-state index contributed by atoms with van der Waals surface area (Å²) in [4.78, 5) is 31.6. The van der Waals surface area contributed by atoms with Crippen LogP contribution in [-0.4, -0.2) is 40.7 Å². The molecule has 2 aliphatic heterocycles. The van der Waals surface area contributed by atoms with Crippen molar-refractivity contribution >= 4 is 22.3 Å². The van der Waals surface area contributed by atoms with Crippen LogP contribution in [0.25, 0.3) is 10.9 Å². The molecular weight excluding hydrogens is 324 g/mol. The van der Waals surface area contributed by atoms with Crippen LogP contribution >= 0.6 is 0 Å². The van der Waals surface area contributed by atoms with Crippen molar-refractivity contribution in [2.75, 3.05) is 24.6 Å². The Morgan fingerprint density at radius 1 is 1.28 bits per heavy atom. The van der Waals surface area contributed by atoms with E-state index in [0.717, 1.165) is 45.4 Å². The maximum absolute atomic E-state index is 11.9. The average molecular weight is 344 g/mol. The number of H-pyrrole nitrogens is 1. The molecule has 2 fully saturated rings. The van der Waals surface area contributed by atoms with Crippen molar-refractivity contribution < 1.29 is 9.66 Å². The SMILES string of the molecule is O=c1[nH]cnc2cc(N3CCC(C4CCCO4)CC3)c([N+](=O)[O-])cc12. The van der Waals surface area contributed by atoms with Crippen LogP contribution in [-0.2, 0) is 4.74 Å². The second kappa shape index (κ2) is 6.44. The zero-order chi connectivity index (χ0) is 17.4. The Morgan fingerprint density at radius 2 is 2.08 bits per heavy atom. The maximum atomic E-state index is 11.9. The number of fused-ring (bicyclic) bond motifs is 1. The molecule has 2 aromatic rings. The molecule has 1 unspecified atom stereocenters. The lowest BCUT2D eigenvalue weighted by Gasteiger charge is -2.35. The molecule has 0 amide bonds. The van der Waals surface area contributed by atoms with E-state index < -0.39 is 4.92 Å². The largest absolute Gasteiger partial charge is 0.378 e. The van der Waals surface area contributed by atoms with E-state index in [1.807, 2.05) is 4.90 Å². The quantitative estimate of drug-likeness (QED) is 0.677. The third-order valence-electron chi connectivity index (χ3n) is 5.30. The molecule has 2 aliphatic rings. The van der Waals surface area contributed by atoms with Gasteiger partial charge in [-0.15, -0.1) is 0 Å². The number of nitrogens with one attached hydrogen (secondary N) is 1. The number of aromatic nitrogens is 2. The molecule has 1 aromatic heterocycles. The van der Waals surface area contributed by atoms with E-state index in [9.17, 15) is 14.9 Å². The number of aromatic amines is 1. The average Bonchev–Trinajstić information content (AvgIpc) is 3.16. The van der Waals surface area contributed by atoms with Gasteiger partial charge in [-0.2, -0.15) is 0 Å². The van der Waals surface area contributed by atoms with Crippen molar-refractivity contribution in [3.63, 3.8) is 0 Å². The Morgan fingerprint density at radius 3 is 2.76 bits per heavy atom. The summed E-state index contributed by atoms with van der Waals surface area (Å²) in [5, 5.41) is 11.8. The number of hydrogen-bond donors (Lipinski definition) is 1. The van der Waals surface area contributed by atoms with Crippen molar-refractivity contribution in [2.45, 2.75) is 31.8 Å². The van der Waals surface area contributed by atoms with Crippen molar-refractivity contribution in [3.8, 4) is 0 Å². The van der Waals surface area contributed by atoms with E-state index in [1.165, 1.54) is 12.4 Å². The van der Waals surface area contributed by atoms with Crippen LogP contribution in [0.5, 0.6) is 0 Å². The van der Waals surface area contributed by atoms with Crippen molar-refractivity contribution in [3.05, 3.63) is 38.9 Å². The lowest BCUT2D eigenvalue weighted by atomic mass is 9.89. The molecule has 25 heavy (non-hydrogen) atoms. The highest BCUT2D eigenvalue weighted by molar-refractivity contribution is 5.87. The van der Waals surface area contributed by atoms with Gasteiger partial charge in [0.1, 0.15) is 5.69 Å². The molecule has 0 aliphatic carbocycles. The molecule has 0 bridgehead atoms. The zero-order valence-corrected chi connectivity index (χ0v) is 13.8. The Hall–Kier alpha value is -2.48. The number of ether oxygens (including phenoxy) is 1. The number of benzene rings is 1. The number of nitrogens with zero attached hydrogens (tertiary/aromatic N) is 3. The predicted octanol–water partition coefficient (Wildman–Crippen LogP) is 2.23. The number of hydrogen-bond acceptors (Lipinski definition) is 6. The topological polar surface area (TPSA) is 101 Å². The molecule has 2 saturated heterocycles. The van der Waals surface area contributed by atoms with Gasteiger partial charge in [0.05, 0.1) is 28.3 Å². The summed E-state index contributed by atoms with van der Waals surface area (Å²) in [6, 6.07) is 3.00. The Balaban J connectivity index is 1.63. The van der Waals surface area contributed by atoms with Gasteiger partial charge in [0.15, 0.2) is 0 Å². The van der Waals surface area contributed by atoms with Crippen LogP contribution in [0.4, 0.5) is 11.4 Å². The first kappa shape index (κ1) is 16.0. The minimum absolute atomic E-state index is 0.0402. The van der Waals surface area contributed by atoms with Gasteiger partial charge in [-0.3, -0.25) is 14.9 Å². The van der Waals surface area contributed by atoms with Crippen LogP contribution in [0.15, 0.2) is 23.3 Å². The van der Waals surface area contributed by atoms with Gasteiger partial charge in [0.25, 0.3) is 11.2 Å². The lowest BCUT2D eigenvalue weighted by Crippen LogP contribution is -2.38. The van der Waals surface area contributed by atoms with Crippen molar-refractivity contribution in [2.24, 2.45) is 5.92 Å². The summed E-state index contributed by atoms with van der Waals surface area (Å²) in [6.45, 7) is 2.35. The van der Waals surface area contributed by atoms with Crippen LogP contribution < -0.4 is 10.5 Å². The second-order valence-electron chi connectivity index (χ2n) is 6.72. The molecule has 3 heterocycles. The maximum Gasteiger partial charge on any atom is 0.293 e. The third-order valence-corrected chi connectivity index (χ3v) is 5.30. The van der Waals surface area contributed by atoms with Crippen LogP contribution in [0.3, 0.4) is 0 Å². The summed E-state index contributed by atoms with van der Waals surface area (Å²) in [5.74, 6) is 0.527. The first-order valence-corrected chi connectivity index (χ1v) is 8.66. The van der Waals surface area contributed by atoms with E-state index >= 15 is 0 Å². The fourth-order valence-corrected chi connectivity index (χ4v) is 3.98. The van der Waals surface area contributed by atoms with Gasteiger partial charge >= 0.3 is 0 Å². The molecule has 1 N–H and O–H groups in total. The fourth-order valence-electron chi connectivity index (χ4n) is 3.98. The minimum Gasteiger partial charge on any atom is -0.378 e. The van der Waals surface area contributed by atoms with Crippen LogP contribution in [0.2, 0.25) is 0 Å². The summed E-state index contributed by atoms with van der Waals surface area (Å²) >= 11 is 0. The molecule has 4 rings (SSSR count). The standard InChI is InChI=1S/C17H20N4O4/c22-17-12-8-15(21(23)24)14(9-13(12)18-10-19-17)20-5-3-11(4-6-20)16-2-1-7-25-16/h8-11,16H,1-7H2,(H,18,19,22). The summed E-state index contributed by atoms with van der Waals surface area (Å²) in [5.41, 5.74) is 0.616. The zero-order valence-electron chi connectivity index (χ0n) is 13.8. The highest BCUT2D eigenvalue weighted by atomic mass is 16.6. The molecule has 1 atom stereocenters. The first-order chi connectivity index (χ1) is 12.1. The van der Waals surface area contributed by atoms with Crippen LogP contribution in [0.1, 0.15) is 25.7 Å². The first-order valence-electron chi connectivity index (χ1n) is 8.66. The van der Waals surface area contributed by atoms with Gasteiger partial charge in [-0.1, -0.05) is 0 Å². The van der Waals surface area contributed by atoms with Gasteiger partial charge in [-0.25, -0.2) is 4.98 Å². The highest BCUT2D eigenvalue weighted by Crippen LogP contribution is 2.36. The molecular formula is C17H20N4O4. The molecule has 0 radical (unpaired) electrons. The Bertz CT molecular complexity index is 851. The van der Waals surface area contributed by atoms with E-state index in [0.29, 0.717) is 23.2 Å². The smallest absolute Gasteiger partial charge is 0.293 e. The fraction of sp³-hybridized carbons (Fsp3) is 0.529. The molecule has 132 valence electrons. The number of anilines is 1. The summed E-state index contributed by atoms with van der Waals surface area (Å²) < 4.78 is 5.79. The van der Waals surface area contributed by atoms with Gasteiger partial charge < -0.3 is 14.6 Å². The van der Waals surface area contributed by atoms with Gasteiger partial charge in [0.2, 0.25) is 0 Å². The Kier molecular flexibility index (Phi) is 4.12. The molecule has 8 heteroatoms. The monoisotopic (exact) mass is 344 g/mol. The third kappa shape index (κ3) is 2.97. The number of nitro groups is 1.